The lowest BCUT2D eigenvalue weighted by atomic mass is 9.62. The minimum Gasteiger partial charge on any atom is -0.476 e. The number of carbonyl (C=O) groups excluding carboxylic acids is 1. The molecule has 0 atom stereocenters. The molecule has 32 heavy (non-hydrogen) atoms. The standard InChI is InChI=1S/C26H32F2O4/c1-8-17(21(27)10-9-15(2)23(28)24(30)31)18-13-19-20(14-22(18)32-16(3)29)26(6,7)12-11-25(19,4)5/h9-10,13-14H,8,11-12H2,1-7H3,(H,30,31). The van der Waals surface area contributed by atoms with Crippen LogP contribution in [-0.2, 0) is 20.4 Å². The Morgan fingerprint density at radius 1 is 1.03 bits per heavy atom. The molecule has 4 nitrogen and oxygen atoms in total. The van der Waals surface area contributed by atoms with Gasteiger partial charge in [-0.25, -0.2) is 9.18 Å². The van der Waals surface area contributed by atoms with Gasteiger partial charge >= 0.3 is 11.9 Å². The van der Waals surface area contributed by atoms with Crippen LogP contribution in [0.5, 0.6) is 5.75 Å². The number of carbonyl (C=O) groups is 2. The third kappa shape index (κ3) is 5.34. The minimum atomic E-state index is -1.70. The first-order chi connectivity index (χ1) is 14.7. The minimum absolute atomic E-state index is 0.122. The topological polar surface area (TPSA) is 63.6 Å². The number of fused-ring (bicyclic) bond motifs is 1. The van der Waals surface area contributed by atoms with Crippen LogP contribution in [0.25, 0.3) is 5.57 Å². The van der Waals surface area contributed by atoms with Gasteiger partial charge in [-0.15, -0.1) is 0 Å². The Bertz CT molecular complexity index is 1030. The van der Waals surface area contributed by atoms with Crippen LogP contribution in [0.1, 0.15) is 84.4 Å². The van der Waals surface area contributed by atoms with Crippen LogP contribution in [0.2, 0.25) is 0 Å². The van der Waals surface area contributed by atoms with E-state index in [1.165, 1.54) is 13.8 Å². The average Bonchev–Trinajstić information content (AvgIpc) is 2.69. The monoisotopic (exact) mass is 446 g/mol. The van der Waals surface area contributed by atoms with Crippen LogP contribution in [-0.4, -0.2) is 17.0 Å². The van der Waals surface area contributed by atoms with Gasteiger partial charge in [0.15, 0.2) is 0 Å². The van der Waals surface area contributed by atoms with Gasteiger partial charge in [0.1, 0.15) is 11.6 Å². The van der Waals surface area contributed by atoms with E-state index in [-0.39, 0.29) is 28.6 Å². The summed E-state index contributed by atoms with van der Waals surface area (Å²) in [5.74, 6) is -3.92. The second-order valence-corrected chi connectivity index (χ2v) is 9.57. The fraction of sp³-hybridized carbons (Fsp3) is 0.462. The molecule has 6 heteroatoms. The molecule has 2 rings (SSSR count). The third-order valence-corrected chi connectivity index (χ3v) is 6.19. The van der Waals surface area contributed by atoms with E-state index in [1.807, 2.05) is 12.1 Å². The molecular formula is C26H32F2O4. The van der Waals surface area contributed by atoms with Crippen molar-refractivity contribution >= 4 is 17.5 Å². The maximum absolute atomic E-state index is 15.2. The molecule has 0 bridgehead atoms. The summed E-state index contributed by atoms with van der Waals surface area (Å²) in [6, 6.07) is 3.75. The van der Waals surface area contributed by atoms with Gasteiger partial charge in [0.05, 0.1) is 0 Å². The smallest absolute Gasteiger partial charge is 0.365 e. The van der Waals surface area contributed by atoms with E-state index in [1.54, 1.807) is 6.92 Å². The normalized spacial score (nSPS) is 18.5. The number of esters is 1. The van der Waals surface area contributed by atoms with E-state index in [2.05, 4.69) is 27.7 Å². The Hall–Kier alpha value is -2.76. The molecule has 0 saturated heterocycles. The van der Waals surface area contributed by atoms with Gasteiger partial charge in [0.25, 0.3) is 0 Å². The van der Waals surface area contributed by atoms with Crippen LogP contribution in [0, 0.1) is 0 Å². The summed E-state index contributed by atoms with van der Waals surface area (Å²) >= 11 is 0. The Kier molecular flexibility index (Phi) is 7.48. The van der Waals surface area contributed by atoms with Gasteiger partial charge in [-0.05, 0) is 77.5 Å². The largest absolute Gasteiger partial charge is 0.476 e. The molecule has 1 aliphatic carbocycles. The molecule has 1 N–H and O–H groups in total. The van der Waals surface area contributed by atoms with Gasteiger partial charge in [0, 0.05) is 12.5 Å². The first-order valence-electron chi connectivity index (χ1n) is 10.8. The molecule has 1 aliphatic rings. The maximum Gasteiger partial charge on any atom is 0.365 e. The quantitative estimate of drug-likeness (QED) is 0.223. The van der Waals surface area contributed by atoms with Crippen molar-refractivity contribution in [2.24, 2.45) is 0 Å². The summed E-state index contributed by atoms with van der Waals surface area (Å²) in [5, 5.41) is 8.75. The zero-order valence-corrected chi connectivity index (χ0v) is 19.9. The van der Waals surface area contributed by atoms with Crippen molar-refractivity contribution in [1.82, 2.24) is 0 Å². The maximum atomic E-state index is 15.2. The van der Waals surface area contributed by atoms with Crippen molar-refractivity contribution in [3.8, 4) is 5.75 Å². The van der Waals surface area contributed by atoms with Gasteiger partial charge in [-0.1, -0.05) is 40.7 Å². The predicted octanol–water partition coefficient (Wildman–Crippen LogP) is 6.94. The van der Waals surface area contributed by atoms with Crippen LogP contribution in [0.3, 0.4) is 0 Å². The van der Waals surface area contributed by atoms with E-state index in [9.17, 15) is 14.0 Å². The van der Waals surface area contributed by atoms with Crippen LogP contribution in [0.4, 0.5) is 8.78 Å². The molecule has 0 heterocycles. The zero-order chi connectivity index (χ0) is 24.4. The van der Waals surface area contributed by atoms with Gasteiger partial charge < -0.3 is 9.84 Å². The Balaban J connectivity index is 2.75. The highest BCUT2D eigenvalue weighted by Crippen LogP contribution is 2.49. The van der Waals surface area contributed by atoms with E-state index < -0.39 is 23.6 Å². The van der Waals surface area contributed by atoms with Crippen LogP contribution in [0.15, 0.2) is 41.5 Å². The highest BCUT2D eigenvalue weighted by molar-refractivity contribution is 5.85. The van der Waals surface area contributed by atoms with Crippen molar-refractivity contribution in [1.29, 1.82) is 0 Å². The molecule has 0 aliphatic heterocycles. The molecule has 0 unspecified atom stereocenters. The Morgan fingerprint density at radius 2 is 1.56 bits per heavy atom. The molecule has 0 spiro atoms. The number of hydrogen-bond donors (Lipinski definition) is 1. The lowest BCUT2D eigenvalue weighted by Crippen LogP contribution is -2.34. The van der Waals surface area contributed by atoms with Gasteiger partial charge in [-0.3, -0.25) is 4.79 Å². The molecule has 0 fully saturated rings. The van der Waals surface area contributed by atoms with Crippen molar-refractivity contribution in [3.05, 3.63) is 58.2 Å². The fourth-order valence-corrected chi connectivity index (χ4v) is 4.10. The lowest BCUT2D eigenvalue weighted by Gasteiger charge is -2.42. The van der Waals surface area contributed by atoms with Crippen molar-refractivity contribution in [3.63, 3.8) is 0 Å². The third-order valence-electron chi connectivity index (χ3n) is 6.19. The van der Waals surface area contributed by atoms with Crippen LogP contribution < -0.4 is 4.74 Å². The fourth-order valence-electron chi connectivity index (χ4n) is 4.10. The number of carboxylic acid groups (broad SMARTS) is 1. The molecule has 0 aromatic heterocycles. The summed E-state index contributed by atoms with van der Waals surface area (Å²) in [6.45, 7) is 12.9. The first-order valence-corrected chi connectivity index (χ1v) is 10.8. The number of halogens is 2. The summed E-state index contributed by atoms with van der Waals surface area (Å²) in [7, 11) is 0. The summed E-state index contributed by atoms with van der Waals surface area (Å²) in [6.07, 6.45) is 4.36. The molecular weight excluding hydrogens is 414 g/mol. The number of carboxylic acids is 1. The van der Waals surface area contributed by atoms with Crippen LogP contribution >= 0.6 is 0 Å². The molecule has 0 saturated carbocycles. The van der Waals surface area contributed by atoms with Crippen molar-refractivity contribution < 1.29 is 28.2 Å². The van der Waals surface area contributed by atoms with E-state index in [4.69, 9.17) is 9.84 Å². The highest BCUT2D eigenvalue weighted by Gasteiger charge is 2.38. The highest BCUT2D eigenvalue weighted by atomic mass is 19.1. The average molecular weight is 447 g/mol. The zero-order valence-electron chi connectivity index (χ0n) is 19.9. The van der Waals surface area contributed by atoms with Crippen molar-refractivity contribution in [2.75, 3.05) is 0 Å². The number of ether oxygens (including phenoxy) is 1. The van der Waals surface area contributed by atoms with E-state index >= 15 is 4.39 Å². The number of hydrogen-bond acceptors (Lipinski definition) is 3. The Morgan fingerprint density at radius 3 is 2.03 bits per heavy atom. The summed E-state index contributed by atoms with van der Waals surface area (Å²) in [4.78, 5) is 22.6. The first kappa shape index (κ1) is 25.5. The molecule has 0 amide bonds. The molecule has 0 radical (unpaired) electrons. The van der Waals surface area contributed by atoms with Gasteiger partial charge in [0.2, 0.25) is 5.83 Å². The second-order valence-electron chi connectivity index (χ2n) is 9.57. The summed E-state index contributed by atoms with van der Waals surface area (Å²) < 4.78 is 34.3. The number of allylic oxidation sites excluding steroid dienone is 5. The lowest BCUT2D eigenvalue weighted by molar-refractivity contribution is -0.134. The molecule has 1 aromatic rings. The SMILES string of the molecule is CCC(=C(F)C=CC(C)=C(F)C(=O)O)c1cc2c(cc1OC(C)=O)C(C)(C)CCC2(C)C. The van der Waals surface area contributed by atoms with Crippen molar-refractivity contribution in [2.45, 2.75) is 78.6 Å². The second kappa shape index (κ2) is 9.39. The summed E-state index contributed by atoms with van der Waals surface area (Å²) in [5.41, 5.74) is 2.46. The number of rotatable bonds is 6. The Labute approximate surface area is 188 Å². The van der Waals surface area contributed by atoms with E-state index in [0.717, 1.165) is 36.1 Å². The molecule has 1 aromatic carbocycles. The number of aliphatic carboxylic acids is 1. The predicted molar refractivity (Wildman–Crippen MR) is 122 cm³/mol. The number of benzene rings is 1. The van der Waals surface area contributed by atoms with E-state index in [0.29, 0.717) is 11.1 Å². The molecule has 174 valence electrons. The van der Waals surface area contributed by atoms with Gasteiger partial charge in [-0.2, -0.15) is 4.39 Å².